The fourth-order valence-electron chi connectivity index (χ4n) is 1.92. The third kappa shape index (κ3) is 4.97. The number of rotatable bonds is 4. The van der Waals surface area contributed by atoms with Crippen molar-refractivity contribution in [2.24, 2.45) is 0 Å². The summed E-state index contributed by atoms with van der Waals surface area (Å²) in [5.74, 6) is -0.221. The van der Waals surface area contributed by atoms with Crippen LogP contribution in [0.3, 0.4) is 0 Å². The summed E-state index contributed by atoms with van der Waals surface area (Å²) in [6.07, 6.45) is -4.68. The highest BCUT2D eigenvalue weighted by atomic mass is 79.9. The highest BCUT2D eigenvalue weighted by Gasteiger charge is 2.31. The van der Waals surface area contributed by atoms with Gasteiger partial charge in [0.25, 0.3) is 0 Å². The number of ether oxygens (including phenoxy) is 1. The second kappa shape index (κ2) is 6.39. The lowest BCUT2D eigenvalue weighted by atomic mass is 10.2. The van der Waals surface area contributed by atoms with E-state index in [1.54, 1.807) is 6.07 Å². The van der Waals surface area contributed by atoms with Crippen molar-refractivity contribution in [1.82, 2.24) is 0 Å². The van der Waals surface area contributed by atoms with E-state index in [-0.39, 0.29) is 5.75 Å². The summed E-state index contributed by atoms with van der Waals surface area (Å²) in [4.78, 5) is 1.85. The molecular formula is C15H13BrF3NO. The zero-order valence-electron chi connectivity index (χ0n) is 11.2. The summed E-state index contributed by atoms with van der Waals surface area (Å²) in [5.41, 5.74) is 1.70. The second-order valence-corrected chi connectivity index (χ2v) is 5.45. The molecule has 0 unspecified atom stereocenters. The number of nitrogens with zero attached hydrogens (tertiary/aromatic N) is 1. The van der Waals surface area contributed by atoms with Crippen LogP contribution in [0.15, 0.2) is 53.0 Å². The van der Waals surface area contributed by atoms with E-state index in [4.69, 9.17) is 0 Å². The van der Waals surface area contributed by atoms with Gasteiger partial charge in [0.15, 0.2) is 0 Å². The first-order chi connectivity index (χ1) is 9.83. The van der Waals surface area contributed by atoms with Gasteiger partial charge in [0.05, 0.1) is 0 Å². The molecule has 0 bridgehead atoms. The Balaban J connectivity index is 2.12. The summed E-state index contributed by atoms with van der Waals surface area (Å²) >= 11 is 3.39. The summed E-state index contributed by atoms with van der Waals surface area (Å²) in [6.45, 7) is 0.578. The van der Waals surface area contributed by atoms with Gasteiger partial charge < -0.3 is 9.64 Å². The molecule has 2 aromatic carbocycles. The largest absolute Gasteiger partial charge is 0.573 e. The van der Waals surface area contributed by atoms with Gasteiger partial charge in [-0.15, -0.1) is 13.2 Å². The van der Waals surface area contributed by atoms with Gasteiger partial charge in [-0.2, -0.15) is 0 Å². The first kappa shape index (κ1) is 15.7. The van der Waals surface area contributed by atoms with Crippen molar-refractivity contribution < 1.29 is 17.9 Å². The molecule has 0 saturated carbocycles. The minimum absolute atomic E-state index is 0.221. The third-order valence-electron chi connectivity index (χ3n) is 2.80. The molecule has 0 N–H and O–H groups in total. The molecule has 0 aliphatic rings. The van der Waals surface area contributed by atoms with E-state index >= 15 is 0 Å². The van der Waals surface area contributed by atoms with Gasteiger partial charge in [-0.25, -0.2) is 0 Å². The molecular weight excluding hydrogens is 347 g/mol. The van der Waals surface area contributed by atoms with Crippen molar-refractivity contribution >= 4 is 21.6 Å². The van der Waals surface area contributed by atoms with Crippen molar-refractivity contribution in [2.75, 3.05) is 11.9 Å². The fraction of sp³-hybridized carbons (Fsp3) is 0.200. The molecule has 2 nitrogen and oxygen atoms in total. The molecule has 6 heteroatoms. The van der Waals surface area contributed by atoms with Crippen LogP contribution < -0.4 is 9.64 Å². The second-order valence-electron chi connectivity index (χ2n) is 4.53. The Kier molecular flexibility index (Phi) is 4.77. The molecule has 0 amide bonds. The summed E-state index contributed by atoms with van der Waals surface area (Å²) in [6, 6.07) is 13.7. The zero-order valence-corrected chi connectivity index (χ0v) is 12.8. The number of benzene rings is 2. The average Bonchev–Trinajstić information content (AvgIpc) is 2.37. The Morgan fingerprint density at radius 2 is 1.81 bits per heavy atom. The molecule has 0 aromatic heterocycles. The molecule has 2 aromatic rings. The van der Waals surface area contributed by atoms with Crippen LogP contribution in [0.25, 0.3) is 0 Å². The first-order valence-corrected chi connectivity index (χ1v) is 6.94. The molecule has 0 heterocycles. The van der Waals surface area contributed by atoms with E-state index in [1.165, 1.54) is 18.2 Å². The average molecular weight is 360 g/mol. The molecule has 2 rings (SSSR count). The number of halogens is 4. The number of alkyl halides is 3. The lowest BCUT2D eigenvalue weighted by Gasteiger charge is -2.20. The van der Waals surface area contributed by atoms with Gasteiger partial charge in [0.1, 0.15) is 5.75 Å². The zero-order chi connectivity index (χ0) is 15.5. The maximum absolute atomic E-state index is 12.2. The monoisotopic (exact) mass is 359 g/mol. The SMILES string of the molecule is CN(Cc1cccc(Br)c1)c1cccc(OC(F)(F)F)c1. The van der Waals surface area contributed by atoms with Gasteiger partial charge in [-0.05, 0) is 29.8 Å². The van der Waals surface area contributed by atoms with E-state index in [0.29, 0.717) is 12.2 Å². The number of anilines is 1. The normalized spacial score (nSPS) is 11.3. The molecule has 0 aliphatic carbocycles. The van der Waals surface area contributed by atoms with Crippen LogP contribution in [-0.4, -0.2) is 13.4 Å². The van der Waals surface area contributed by atoms with Gasteiger partial charge in [0, 0.05) is 29.8 Å². The Morgan fingerprint density at radius 3 is 2.48 bits per heavy atom. The van der Waals surface area contributed by atoms with Gasteiger partial charge in [-0.3, -0.25) is 0 Å². The predicted molar refractivity (Wildman–Crippen MR) is 79.4 cm³/mol. The summed E-state index contributed by atoms with van der Waals surface area (Å²) in [7, 11) is 1.81. The lowest BCUT2D eigenvalue weighted by Crippen LogP contribution is -2.19. The van der Waals surface area contributed by atoms with E-state index in [2.05, 4.69) is 20.7 Å². The molecule has 21 heavy (non-hydrogen) atoms. The van der Waals surface area contributed by atoms with Crippen molar-refractivity contribution in [1.29, 1.82) is 0 Å². The van der Waals surface area contributed by atoms with E-state index in [1.807, 2.05) is 36.2 Å². The highest BCUT2D eigenvalue weighted by molar-refractivity contribution is 9.10. The molecule has 0 radical (unpaired) electrons. The molecule has 0 saturated heterocycles. The van der Waals surface area contributed by atoms with Crippen LogP contribution in [0.1, 0.15) is 5.56 Å². The van der Waals surface area contributed by atoms with Gasteiger partial charge in [0.2, 0.25) is 0 Å². The van der Waals surface area contributed by atoms with Crippen LogP contribution in [0.2, 0.25) is 0 Å². The van der Waals surface area contributed by atoms with Gasteiger partial charge in [-0.1, -0.05) is 34.1 Å². The quantitative estimate of drug-likeness (QED) is 0.762. The van der Waals surface area contributed by atoms with E-state index in [9.17, 15) is 13.2 Å². The number of hydrogen-bond donors (Lipinski definition) is 0. The van der Waals surface area contributed by atoms with Crippen molar-refractivity contribution in [2.45, 2.75) is 12.9 Å². The maximum atomic E-state index is 12.2. The van der Waals surface area contributed by atoms with Crippen LogP contribution in [0, 0.1) is 0 Å². The number of hydrogen-bond acceptors (Lipinski definition) is 2. The Hall–Kier alpha value is -1.69. The van der Waals surface area contributed by atoms with Crippen LogP contribution in [-0.2, 0) is 6.54 Å². The van der Waals surface area contributed by atoms with Gasteiger partial charge >= 0.3 is 6.36 Å². The first-order valence-electron chi connectivity index (χ1n) is 6.15. The Morgan fingerprint density at radius 1 is 1.10 bits per heavy atom. The minimum atomic E-state index is -4.68. The standard InChI is InChI=1S/C15H13BrF3NO/c1-20(10-11-4-2-5-12(16)8-11)13-6-3-7-14(9-13)21-15(17,18)19/h2-9H,10H2,1H3. The topological polar surface area (TPSA) is 12.5 Å². The highest BCUT2D eigenvalue weighted by Crippen LogP contribution is 2.27. The fourth-order valence-corrected chi connectivity index (χ4v) is 2.37. The third-order valence-corrected chi connectivity index (χ3v) is 3.29. The van der Waals surface area contributed by atoms with Crippen LogP contribution in [0.4, 0.5) is 18.9 Å². The molecule has 0 fully saturated rings. The van der Waals surface area contributed by atoms with E-state index in [0.717, 1.165) is 10.0 Å². The molecule has 0 spiro atoms. The summed E-state index contributed by atoms with van der Waals surface area (Å²) < 4.78 is 41.6. The van der Waals surface area contributed by atoms with Crippen molar-refractivity contribution in [3.8, 4) is 5.75 Å². The minimum Gasteiger partial charge on any atom is -0.406 e. The maximum Gasteiger partial charge on any atom is 0.573 e. The molecule has 0 atom stereocenters. The smallest absolute Gasteiger partial charge is 0.406 e. The van der Waals surface area contributed by atoms with Crippen molar-refractivity contribution in [3.05, 3.63) is 58.6 Å². The summed E-state index contributed by atoms with van der Waals surface area (Å²) in [5, 5.41) is 0. The molecule has 0 aliphatic heterocycles. The van der Waals surface area contributed by atoms with Crippen molar-refractivity contribution in [3.63, 3.8) is 0 Å². The Labute approximate surface area is 129 Å². The van der Waals surface area contributed by atoms with Crippen LogP contribution >= 0.6 is 15.9 Å². The Bertz CT molecular complexity index is 616. The van der Waals surface area contributed by atoms with Crippen LogP contribution in [0.5, 0.6) is 5.75 Å². The molecule has 112 valence electrons. The lowest BCUT2D eigenvalue weighted by molar-refractivity contribution is -0.274. The predicted octanol–water partition coefficient (Wildman–Crippen LogP) is 4.98. The van der Waals surface area contributed by atoms with E-state index < -0.39 is 6.36 Å².